The summed E-state index contributed by atoms with van der Waals surface area (Å²) in [6, 6.07) is 10.4. The molecular formula is C22H28N6O. The number of nitrogens with zero attached hydrogens (tertiary/aromatic N) is 4. The molecule has 1 aliphatic rings. The molecule has 7 heteroatoms. The lowest BCUT2D eigenvalue weighted by Gasteiger charge is -2.27. The summed E-state index contributed by atoms with van der Waals surface area (Å²) in [4.78, 5) is 21.6. The minimum atomic E-state index is -0.0312. The molecule has 1 saturated heterocycles. The number of nitrogens with one attached hydrogen (secondary N) is 2. The van der Waals surface area contributed by atoms with E-state index in [0.717, 1.165) is 66.7 Å². The maximum absolute atomic E-state index is 12.8. The van der Waals surface area contributed by atoms with E-state index in [1.165, 1.54) is 0 Å². The molecule has 1 unspecified atom stereocenters. The van der Waals surface area contributed by atoms with Crippen molar-refractivity contribution < 1.29 is 4.79 Å². The summed E-state index contributed by atoms with van der Waals surface area (Å²) in [6.07, 6.45) is 6.71. The predicted molar refractivity (Wildman–Crippen MR) is 115 cm³/mol. The van der Waals surface area contributed by atoms with Gasteiger partial charge < -0.3 is 10.2 Å². The summed E-state index contributed by atoms with van der Waals surface area (Å²) in [7, 11) is 2.15. The van der Waals surface area contributed by atoms with E-state index in [1.807, 2.05) is 48.5 Å². The van der Waals surface area contributed by atoms with Crippen LogP contribution in [0.5, 0.6) is 0 Å². The van der Waals surface area contributed by atoms with Crippen molar-refractivity contribution in [2.75, 3.05) is 25.5 Å². The molecule has 2 amide bonds. The molecule has 4 rings (SSSR count). The number of pyridine rings is 1. The number of fused-ring (bicyclic) bond motifs is 1. The van der Waals surface area contributed by atoms with Crippen LogP contribution in [0.25, 0.3) is 10.9 Å². The van der Waals surface area contributed by atoms with Crippen LogP contribution in [0.15, 0.2) is 42.7 Å². The van der Waals surface area contributed by atoms with Crippen molar-refractivity contribution in [2.45, 2.75) is 38.8 Å². The van der Waals surface area contributed by atoms with Gasteiger partial charge in [0.2, 0.25) is 0 Å². The van der Waals surface area contributed by atoms with Crippen molar-refractivity contribution in [1.29, 1.82) is 0 Å². The lowest BCUT2D eigenvalue weighted by atomic mass is 10.1. The summed E-state index contributed by atoms with van der Waals surface area (Å²) in [5, 5.41) is 11.2. The molecule has 0 spiro atoms. The molecule has 1 aromatic carbocycles. The Bertz CT molecular complexity index is 970. The quantitative estimate of drug-likeness (QED) is 0.708. The summed E-state index contributed by atoms with van der Waals surface area (Å²) >= 11 is 0. The maximum Gasteiger partial charge on any atom is 0.321 e. The summed E-state index contributed by atoms with van der Waals surface area (Å²) in [6.45, 7) is 4.40. The molecule has 1 atom stereocenters. The van der Waals surface area contributed by atoms with E-state index in [9.17, 15) is 4.79 Å². The van der Waals surface area contributed by atoms with Crippen LogP contribution >= 0.6 is 0 Å². The maximum atomic E-state index is 12.8. The number of anilines is 1. The van der Waals surface area contributed by atoms with Crippen LogP contribution < -0.4 is 5.32 Å². The van der Waals surface area contributed by atoms with E-state index >= 15 is 0 Å². The van der Waals surface area contributed by atoms with Crippen molar-refractivity contribution in [3.8, 4) is 0 Å². The van der Waals surface area contributed by atoms with Gasteiger partial charge in [-0.2, -0.15) is 5.10 Å². The van der Waals surface area contributed by atoms with E-state index in [0.29, 0.717) is 6.04 Å². The van der Waals surface area contributed by atoms with Crippen LogP contribution in [0.3, 0.4) is 0 Å². The van der Waals surface area contributed by atoms with Crippen LogP contribution in [0.4, 0.5) is 10.5 Å². The van der Waals surface area contributed by atoms with Gasteiger partial charge in [-0.25, -0.2) is 4.79 Å². The Hall–Kier alpha value is -2.93. The van der Waals surface area contributed by atoms with Crippen molar-refractivity contribution in [3.05, 3.63) is 54.0 Å². The predicted octanol–water partition coefficient (Wildman–Crippen LogP) is 3.78. The lowest BCUT2D eigenvalue weighted by molar-refractivity contribution is 0.200. The highest BCUT2D eigenvalue weighted by Gasteiger charge is 2.23. The molecule has 3 heterocycles. The standard InChI is InChI=1S/C22H28N6O/c1-16-12-18(13-21-20(16)14-24-26-21)25-22(29)28-10-5-7-19(8-11-28)27(2)15-17-6-3-4-9-23-17/h3-4,6,9,12-14,19H,5,7-8,10-11,15H2,1-2H3,(H,24,26)(H,25,29). The number of hydrogen-bond acceptors (Lipinski definition) is 4. The van der Waals surface area contributed by atoms with Crippen molar-refractivity contribution in [3.63, 3.8) is 0 Å². The number of urea groups is 1. The average molecular weight is 393 g/mol. The molecule has 29 heavy (non-hydrogen) atoms. The minimum Gasteiger partial charge on any atom is -0.324 e. The number of H-pyrrole nitrogens is 1. The monoisotopic (exact) mass is 392 g/mol. The molecule has 2 N–H and O–H groups in total. The molecule has 3 aromatic rings. The number of likely N-dealkylation sites (tertiary alicyclic amines) is 1. The Morgan fingerprint density at radius 1 is 1.31 bits per heavy atom. The molecule has 1 fully saturated rings. The minimum absolute atomic E-state index is 0.0312. The van der Waals surface area contributed by atoms with Gasteiger partial charge in [0, 0.05) is 42.9 Å². The number of amides is 2. The van der Waals surface area contributed by atoms with E-state index in [2.05, 4.69) is 38.5 Å². The SMILES string of the molecule is Cc1cc(NC(=O)N2CCCC(N(C)Cc3ccccn3)CC2)cc2[nH]ncc12. The highest BCUT2D eigenvalue weighted by molar-refractivity contribution is 5.93. The first-order valence-corrected chi connectivity index (χ1v) is 10.2. The molecule has 2 aromatic heterocycles. The third-order valence-electron chi connectivity index (χ3n) is 5.76. The highest BCUT2D eigenvalue weighted by Crippen LogP contribution is 2.23. The normalized spacial score (nSPS) is 17.5. The van der Waals surface area contributed by atoms with E-state index in [-0.39, 0.29) is 6.03 Å². The zero-order valence-corrected chi connectivity index (χ0v) is 17.1. The number of benzene rings is 1. The highest BCUT2D eigenvalue weighted by atomic mass is 16.2. The largest absolute Gasteiger partial charge is 0.324 e. The molecule has 152 valence electrons. The zero-order valence-electron chi connectivity index (χ0n) is 17.1. The summed E-state index contributed by atoms with van der Waals surface area (Å²) in [5.41, 5.74) is 3.92. The fourth-order valence-electron chi connectivity index (χ4n) is 4.10. The number of aromatic nitrogens is 3. The molecule has 0 radical (unpaired) electrons. The number of carbonyl (C=O) groups excluding carboxylic acids is 1. The number of carbonyl (C=O) groups is 1. The van der Waals surface area contributed by atoms with E-state index in [4.69, 9.17) is 0 Å². The van der Waals surface area contributed by atoms with Gasteiger partial charge in [-0.1, -0.05) is 6.07 Å². The number of rotatable bonds is 4. The second-order valence-corrected chi connectivity index (χ2v) is 7.86. The molecule has 7 nitrogen and oxygen atoms in total. The Morgan fingerprint density at radius 3 is 3.03 bits per heavy atom. The van der Waals surface area contributed by atoms with Crippen LogP contribution in [0.2, 0.25) is 0 Å². The van der Waals surface area contributed by atoms with Gasteiger partial charge in [0.25, 0.3) is 0 Å². The number of hydrogen-bond donors (Lipinski definition) is 2. The molecule has 0 bridgehead atoms. The van der Waals surface area contributed by atoms with Crippen molar-refractivity contribution >= 4 is 22.6 Å². The van der Waals surface area contributed by atoms with Crippen LogP contribution in [-0.2, 0) is 6.54 Å². The van der Waals surface area contributed by atoms with Gasteiger partial charge in [-0.05, 0) is 63.1 Å². The second kappa shape index (κ2) is 8.61. The topological polar surface area (TPSA) is 77.2 Å². The second-order valence-electron chi connectivity index (χ2n) is 7.86. The van der Waals surface area contributed by atoms with Crippen molar-refractivity contribution in [1.82, 2.24) is 25.0 Å². The van der Waals surface area contributed by atoms with Gasteiger partial charge in [-0.3, -0.25) is 15.0 Å². The Labute approximate surface area is 171 Å². The third kappa shape index (κ3) is 4.56. The zero-order chi connectivity index (χ0) is 20.2. The smallest absolute Gasteiger partial charge is 0.321 e. The first-order valence-electron chi connectivity index (χ1n) is 10.2. The van der Waals surface area contributed by atoms with Crippen LogP contribution in [0.1, 0.15) is 30.5 Å². The first kappa shape index (κ1) is 19.4. The Kier molecular flexibility index (Phi) is 5.76. The van der Waals surface area contributed by atoms with Crippen LogP contribution in [0, 0.1) is 6.92 Å². The Balaban J connectivity index is 1.35. The van der Waals surface area contributed by atoms with Gasteiger partial charge in [0.05, 0.1) is 17.4 Å². The van der Waals surface area contributed by atoms with Crippen LogP contribution in [-0.4, -0.2) is 57.2 Å². The molecular weight excluding hydrogens is 364 g/mol. The summed E-state index contributed by atoms with van der Waals surface area (Å²) < 4.78 is 0. The summed E-state index contributed by atoms with van der Waals surface area (Å²) in [5.74, 6) is 0. The molecule has 0 saturated carbocycles. The number of aromatic amines is 1. The fourth-order valence-corrected chi connectivity index (χ4v) is 4.10. The first-order chi connectivity index (χ1) is 14.1. The molecule has 1 aliphatic heterocycles. The Morgan fingerprint density at radius 2 is 2.21 bits per heavy atom. The lowest BCUT2D eigenvalue weighted by Crippen LogP contribution is -2.37. The van der Waals surface area contributed by atoms with Gasteiger partial charge >= 0.3 is 6.03 Å². The van der Waals surface area contributed by atoms with E-state index < -0.39 is 0 Å². The number of aryl methyl sites for hydroxylation is 1. The van der Waals surface area contributed by atoms with Gasteiger partial charge in [-0.15, -0.1) is 0 Å². The van der Waals surface area contributed by atoms with E-state index in [1.54, 1.807) is 0 Å². The molecule has 0 aliphatic carbocycles. The van der Waals surface area contributed by atoms with Gasteiger partial charge in [0.1, 0.15) is 0 Å². The fraction of sp³-hybridized carbons (Fsp3) is 0.409. The third-order valence-corrected chi connectivity index (χ3v) is 5.76. The van der Waals surface area contributed by atoms with Crippen molar-refractivity contribution in [2.24, 2.45) is 0 Å². The van der Waals surface area contributed by atoms with Gasteiger partial charge in [0.15, 0.2) is 0 Å². The average Bonchev–Trinajstić information content (AvgIpc) is 3.04.